The Labute approximate surface area is 143 Å². The van der Waals surface area contributed by atoms with Crippen molar-refractivity contribution >= 4 is 0 Å². The van der Waals surface area contributed by atoms with Gasteiger partial charge in [0.2, 0.25) is 0 Å². The number of benzene rings is 1. The van der Waals surface area contributed by atoms with Gasteiger partial charge < -0.3 is 24.6 Å². The Morgan fingerprint density at radius 2 is 2.08 bits per heavy atom. The molecule has 0 amide bonds. The summed E-state index contributed by atoms with van der Waals surface area (Å²) in [5.74, 6) is 1.17. The fraction of sp³-hybridized carbons (Fsp3) is 0.684. The lowest BCUT2D eigenvalue weighted by Gasteiger charge is -2.60. The highest BCUT2D eigenvalue weighted by atomic mass is 16.5. The molecule has 2 bridgehead atoms. The van der Waals surface area contributed by atoms with Gasteiger partial charge in [0.05, 0.1) is 19.3 Å². The summed E-state index contributed by atoms with van der Waals surface area (Å²) < 4.78 is 11.0. The van der Waals surface area contributed by atoms with Crippen LogP contribution >= 0.6 is 0 Å². The van der Waals surface area contributed by atoms with Crippen molar-refractivity contribution in [2.24, 2.45) is 5.92 Å². The third-order valence-electron chi connectivity index (χ3n) is 6.81. The van der Waals surface area contributed by atoms with E-state index in [0.717, 1.165) is 32.2 Å². The van der Waals surface area contributed by atoms with E-state index in [9.17, 15) is 10.2 Å². The predicted molar refractivity (Wildman–Crippen MR) is 90.6 cm³/mol. The maximum Gasteiger partial charge on any atom is 0.160 e. The number of hydrogen-bond acceptors (Lipinski definition) is 5. The van der Waals surface area contributed by atoms with E-state index in [1.807, 2.05) is 12.1 Å². The minimum absolute atomic E-state index is 0.00560. The number of aliphatic hydroxyl groups excluding tert-OH is 1. The van der Waals surface area contributed by atoms with Crippen molar-refractivity contribution in [1.82, 2.24) is 4.90 Å². The Morgan fingerprint density at radius 3 is 2.79 bits per heavy atom. The zero-order valence-electron chi connectivity index (χ0n) is 14.7. The second kappa shape index (κ2) is 5.61. The molecule has 0 spiro atoms. The van der Waals surface area contributed by atoms with Crippen LogP contribution in [-0.2, 0) is 16.6 Å². The highest BCUT2D eigenvalue weighted by molar-refractivity contribution is 5.52. The summed E-state index contributed by atoms with van der Waals surface area (Å²) in [5, 5.41) is 20.8. The van der Waals surface area contributed by atoms with Gasteiger partial charge in [-0.05, 0) is 68.5 Å². The van der Waals surface area contributed by atoms with Crippen molar-refractivity contribution in [1.29, 1.82) is 0 Å². The van der Waals surface area contributed by atoms with E-state index in [2.05, 4.69) is 11.9 Å². The second-order valence-electron chi connectivity index (χ2n) is 7.73. The first kappa shape index (κ1) is 16.2. The lowest BCUT2D eigenvalue weighted by atomic mass is 9.51. The number of ether oxygens (including phenoxy) is 2. The van der Waals surface area contributed by atoms with Crippen LogP contribution in [0.5, 0.6) is 11.5 Å². The van der Waals surface area contributed by atoms with Gasteiger partial charge in [0.25, 0.3) is 0 Å². The number of rotatable bonds is 2. The van der Waals surface area contributed by atoms with Crippen molar-refractivity contribution in [2.75, 3.05) is 27.8 Å². The molecule has 1 aliphatic heterocycles. The maximum atomic E-state index is 10.5. The van der Waals surface area contributed by atoms with Gasteiger partial charge in [-0.2, -0.15) is 0 Å². The summed E-state index contributed by atoms with van der Waals surface area (Å²) in [5.41, 5.74) is 2.51. The van der Waals surface area contributed by atoms with Crippen molar-refractivity contribution in [3.8, 4) is 11.5 Å². The molecular weight excluding hydrogens is 306 g/mol. The number of piperidine rings is 1. The number of likely N-dealkylation sites (tertiary alicyclic amines) is 1. The Morgan fingerprint density at radius 1 is 1.29 bits per heavy atom. The predicted octanol–water partition coefficient (Wildman–Crippen LogP) is 1.68. The number of phenols is 1. The first-order chi connectivity index (χ1) is 11.5. The van der Waals surface area contributed by atoms with Crippen LogP contribution in [0.3, 0.4) is 0 Å². The van der Waals surface area contributed by atoms with Crippen LogP contribution in [0, 0.1) is 5.92 Å². The van der Waals surface area contributed by atoms with Crippen molar-refractivity contribution in [3.63, 3.8) is 0 Å². The standard InChI is InChI=1S/C19H27NO4/c1-20-5-4-19-10-18(24-3)16(22)8-13(19)14(20)6-11-7-15(21)17(23-2)9-12(11)19/h7,9,13-14,16,18,21-22H,4-6,8,10H2,1-3H3/t13-,14-,16+,18-,19-/m0/s1. The van der Waals surface area contributed by atoms with Gasteiger partial charge in [-0.3, -0.25) is 0 Å². The summed E-state index contributed by atoms with van der Waals surface area (Å²) in [6, 6.07) is 4.32. The molecule has 0 unspecified atom stereocenters. The summed E-state index contributed by atoms with van der Waals surface area (Å²) >= 11 is 0. The molecule has 4 rings (SSSR count). The van der Waals surface area contributed by atoms with Crippen LogP contribution in [0.4, 0.5) is 0 Å². The number of methoxy groups -OCH3 is 2. The van der Waals surface area contributed by atoms with E-state index in [-0.39, 0.29) is 17.3 Å². The van der Waals surface area contributed by atoms with Crippen molar-refractivity contribution in [2.45, 2.75) is 49.3 Å². The summed E-state index contributed by atoms with van der Waals surface area (Å²) in [6.07, 6.45) is 3.05. The molecular formula is C19H27NO4. The number of nitrogens with zero attached hydrogens (tertiary/aromatic N) is 1. The van der Waals surface area contributed by atoms with Gasteiger partial charge in [-0.1, -0.05) is 0 Å². The van der Waals surface area contributed by atoms with Gasteiger partial charge in [-0.15, -0.1) is 0 Å². The van der Waals surface area contributed by atoms with Gasteiger partial charge in [0, 0.05) is 18.6 Å². The minimum Gasteiger partial charge on any atom is -0.504 e. The lowest BCUT2D eigenvalue weighted by molar-refractivity contribution is -0.114. The molecule has 5 atom stereocenters. The average Bonchev–Trinajstić information content (AvgIpc) is 2.57. The van der Waals surface area contributed by atoms with Gasteiger partial charge in [0.15, 0.2) is 11.5 Å². The molecule has 1 saturated carbocycles. The fourth-order valence-electron chi connectivity index (χ4n) is 5.56. The van der Waals surface area contributed by atoms with Crippen molar-refractivity contribution in [3.05, 3.63) is 23.3 Å². The highest BCUT2D eigenvalue weighted by Gasteiger charge is 2.57. The molecule has 5 nitrogen and oxygen atoms in total. The van der Waals surface area contributed by atoms with Crippen LogP contribution in [0.15, 0.2) is 12.1 Å². The van der Waals surface area contributed by atoms with E-state index in [1.165, 1.54) is 11.1 Å². The van der Waals surface area contributed by atoms with Crippen molar-refractivity contribution < 1.29 is 19.7 Å². The zero-order valence-corrected chi connectivity index (χ0v) is 14.7. The molecule has 0 radical (unpaired) electrons. The van der Waals surface area contributed by atoms with Crippen LogP contribution in [-0.4, -0.2) is 61.2 Å². The maximum absolute atomic E-state index is 10.5. The van der Waals surface area contributed by atoms with Gasteiger partial charge in [0.1, 0.15) is 0 Å². The molecule has 2 aliphatic carbocycles. The molecule has 1 aromatic carbocycles. The molecule has 1 heterocycles. The first-order valence-electron chi connectivity index (χ1n) is 8.81. The molecule has 5 heteroatoms. The summed E-state index contributed by atoms with van der Waals surface area (Å²) in [7, 11) is 5.47. The monoisotopic (exact) mass is 333 g/mol. The smallest absolute Gasteiger partial charge is 0.160 e. The molecule has 3 aliphatic rings. The minimum atomic E-state index is -0.400. The van der Waals surface area contributed by atoms with Gasteiger partial charge >= 0.3 is 0 Å². The number of aliphatic hydroxyl groups is 1. The Bertz CT molecular complexity index is 648. The number of likely N-dealkylation sites (N-methyl/N-ethyl adjacent to an activating group) is 1. The first-order valence-corrected chi connectivity index (χ1v) is 8.81. The summed E-state index contributed by atoms with van der Waals surface area (Å²) in [6.45, 7) is 1.05. The van der Waals surface area contributed by atoms with Crippen LogP contribution < -0.4 is 4.74 Å². The lowest BCUT2D eigenvalue weighted by Crippen LogP contribution is -2.63. The fourth-order valence-corrected chi connectivity index (χ4v) is 5.56. The van der Waals surface area contributed by atoms with E-state index < -0.39 is 6.10 Å². The molecule has 132 valence electrons. The van der Waals surface area contributed by atoms with E-state index >= 15 is 0 Å². The number of hydrogen-bond donors (Lipinski definition) is 2. The van der Waals surface area contributed by atoms with Gasteiger partial charge in [-0.25, -0.2) is 0 Å². The van der Waals surface area contributed by atoms with Crippen LogP contribution in [0.25, 0.3) is 0 Å². The average molecular weight is 333 g/mol. The van der Waals surface area contributed by atoms with E-state index in [1.54, 1.807) is 14.2 Å². The normalized spacial score (nSPS) is 38.3. The second-order valence-corrected chi connectivity index (χ2v) is 7.73. The Kier molecular flexibility index (Phi) is 3.79. The Hall–Kier alpha value is -1.30. The largest absolute Gasteiger partial charge is 0.504 e. The number of phenolic OH excluding ortho intramolecular Hbond substituents is 1. The summed E-state index contributed by atoms with van der Waals surface area (Å²) in [4.78, 5) is 2.42. The zero-order chi connectivity index (χ0) is 17.1. The number of fused-ring (bicyclic) bond motifs is 1. The van der Waals surface area contributed by atoms with Crippen LogP contribution in [0.1, 0.15) is 30.4 Å². The Balaban J connectivity index is 1.88. The highest BCUT2D eigenvalue weighted by Crippen LogP contribution is 2.57. The quantitative estimate of drug-likeness (QED) is 0.862. The molecule has 24 heavy (non-hydrogen) atoms. The van der Waals surface area contributed by atoms with Crippen LogP contribution in [0.2, 0.25) is 0 Å². The third kappa shape index (κ3) is 2.11. The molecule has 2 N–H and O–H groups in total. The molecule has 0 aromatic heterocycles. The SMILES string of the molecule is COc1cc2c(cc1O)C[C@H]1[C@@H]3C[C@@H](O)[C@@H](OC)C[C@@]23CCN1C. The topological polar surface area (TPSA) is 62.2 Å². The third-order valence-corrected chi connectivity index (χ3v) is 6.81. The van der Waals surface area contributed by atoms with E-state index in [4.69, 9.17) is 9.47 Å². The molecule has 1 saturated heterocycles. The molecule has 2 fully saturated rings. The number of aromatic hydroxyl groups is 1. The van der Waals surface area contributed by atoms with E-state index in [0.29, 0.717) is 17.7 Å². The molecule has 1 aromatic rings.